The molecule has 9 heteroatoms. The number of ether oxygens (including phenoxy) is 1. The molecule has 0 atom stereocenters. The first-order valence-corrected chi connectivity index (χ1v) is 8.33. The van der Waals surface area contributed by atoms with Crippen molar-refractivity contribution in [1.29, 1.82) is 0 Å². The Labute approximate surface area is 145 Å². The van der Waals surface area contributed by atoms with Crippen molar-refractivity contribution in [3.63, 3.8) is 0 Å². The first-order valence-electron chi connectivity index (χ1n) is 7.11. The van der Waals surface area contributed by atoms with Crippen LogP contribution in [0.2, 0.25) is 0 Å². The van der Waals surface area contributed by atoms with Crippen LogP contribution in [-0.4, -0.2) is 32.9 Å². The Morgan fingerprint density at radius 3 is 2.64 bits per heavy atom. The van der Waals surface area contributed by atoms with Crippen LogP contribution in [0, 0.1) is 0 Å². The summed E-state index contributed by atoms with van der Waals surface area (Å²) in [5.41, 5.74) is -0.368. The van der Waals surface area contributed by atoms with Crippen LogP contribution in [0.3, 0.4) is 0 Å². The van der Waals surface area contributed by atoms with E-state index in [4.69, 9.17) is 4.74 Å². The number of alkyl halides is 3. The quantitative estimate of drug-likeness (QED) is 0.652. The summed E-state index contributed by atoms with van der Waals surface area (Å²) in [6, 6.07) is 7.60. The number of imidazole rings is 1. The van der Waals surface area contributed by atoms with E-state index in [0.717, 1.165) is 6.07 Å². The van der Waals surface area contributed by atoms with Gasteiger partial charge in [0.2, 0.25) is 5.95 Å². The molecule has 0 aliphatic carbocycles. The maximum atomic E-state index is 13.3. The molecule has 25 heavy (non-hydrogen) atoms. The molecule has 0 N–H and O–H groups in total. The molecule has 130 valence electrons. The number of rotatable bonds is 4. The summed E-state index contributed by atoms with van der Waals surface area (Å²) in [6.45, 7) is 0. The minimum Gasteiger partial charge on any atom is -0.497 e. The van der Waals surface area contributed by atoms with Crippen molar-refractivity contribution in [2.75, 3.05) is 13.4 Å². The van der Waals surface area contributed by atoms with Gasteiger partial charge < -0.3 is 4.74 Å². The largest absolute Gasteiger partial charge is 0.497 e. The lowest BCUT2D eigenvalue weighted by atomic mass is 10.1. The molecule has 1 aromatic carbocycles. The fraction of sp³-hybridized carbons (Fsp3) is 0.188. The maximum absolute atomic E-state index is 13.3. The lowest BCUT2D eigenvalue weighted by molar-refractivity contribution is -0.141. The van der Waals surface area contributed by atoms with E-state index >= 15 is 0 Å². The molecule has 0 saturated heterocycles. The van der Waals surface area contributed by atoms with E-state index in [9.17, 15) is 13.2 Å². The van der Waals surface area contributed by atoms with E-state index in [1.165, 1.54) is 35.8 Å². The van der Waals surface area contributed by atoms with Crippen LogP contribution in [0.25, 0.3) is 17.2 Å². The molecule has 5 nitrogen and oxygen atoms in total. The van der Waals surface area contributed by atoms with Gasteiger partial charge in [-0.25, -0.2) is 15.0 Å². The zero-order valence-corrected chi connectivity index (χ0v) is 14.1. The molecular formula is C16H13F3N4OS. The number of benzene rings is 1. The predicted octanol–water partition coefficient (Wildman–Crippen LogP) is 4.08. The normalized spacial score (nSPS) is 11.6. The number of hydrogen-bond donors (Lipinski definition) is 0. The lowest BCUT2D eigenvalue weighted by Crippen LogP contribution is -2.13. The van der Waals surface area contributed by atoms with Crippen molar-refractivity contribution in [1.82, 2.24) is 19.5 Å². The Morgan fingerprint density at radius 2 is 1.96 bits per heavy atom. The summed E-state index contributed by atoms with van der Waals surface area (Å²) in [5, 5.41) is 0.496. The van der Waals surface area contributed by atoms with Gasteiger partial charge in [-0.05, 0) is 24.5 Å². The fourth-order valence-electron chi connectivity index (χ4n) is 2.21. The monoisotopic (exact) mass is 366 g/mol. The van der Waals surface area contributed by atoms with E-state index in [0.29, 0.717) is 16.5 Å². The molecule has 0 aliphatic heterocycles. The summed E-state index contributed by atoms with van der Waals surface area (Å²) in [5.74, 6) is 0.438. The van der Waals surface area contributed by atoms with E-state index < -0.39 is 11.9 Å². The number of aromatic nitrogens is 4. The van der Waals surface area contributed by atoms with Gasteiger partial charge in [0.15, 0.2) is 10.9 Å². The van der Waals surface area contributed by atoms with Gasteiger partial charge in [-0.3, -0.25) is 4.57 Å². The Bertz CT molecular complexity index is 895. The number of nitrogens with zero attached hydrogens (tertiary/aromatic N) is 4. The average Bonchev–Trinajstić information content (AvgIpc) is 3.09. The van der Waals surface area contributed by atoms with Gasteiger partial charge in [0.25, 0.3) is 0 Å². The molecule has 0 amide bonds. The summed E-state index contributed by atoms with van der Waals surface area (Å²) in [4.78, 5) is 12.0. The zero-order valence-electron chi connectivity index (χ0n) is 13.3. The van der Waals surface area contributed by atoms with Gasteiger partial charge in [-0.2, -0.15) is 13.2 Å². The molecule has 3 aromatic rings. The van der Waals surface area contributed by atoms with Gasteiger partial charge in [-0.1, -0.05) is 23.9 Å². The van der Waals surface area contributed by atoms with Crippen LogP contribution in [0.15, 0.2) is 47.9 Å². The first kappa shape index (κ1) is 17.3. The van der Waals surface area contributed by atoms with E-state index in [1.807, 2.05) is 0 Å². The smallest absolute Gasteiger partial charge is 0.433 e. The second kappa shape index (κ2) is 6.75. The highest BCUT2D eigenvalue weighted by atomic mass is 32.2. The van der Waals surface area contributed by atoms with E-state index in [1.54, 1.807) is 30.5 Å². The maximum Gasteiger partial charge on any atom is 0.433 e. The van der Waals surface area contributed by atoms with Crippen molar-refractivity contribution < 1.29 is 17.9 Å². The lowest BCUT2D eigenvalue weighted by Gasteiger charge is -2.12. The van der Waals surface area contributed by atoms with E-state index in [2.05, 4.69) is 15.0 Å². The molecule has 0 fully saturated rings. The second-order valence-electron chi connectivity index (χ2n) is 4.95. The third-order valence-electron chi connectivity index (χ3n) is 3.38. The highest BCUT2D eigenvalue weighted by molar-refractivity contribution is 7.98. The summed E-state index contributed by atoms with van der Waals surface area (Å²) in [7, 11) is 1.49. The van der Waals surface area contributed by atoms with Crippen LogP contribution >= 0.6 is 11.8 Å². The first-order chi connectivity index (χ1) is 11.9. The molecule has 0 unspecified atom stereocenters. The second-order valence-corrected chi connectivity index (χ2v) is 5.73. The number of methoxy groups -OCH3 is 1. The Hall–Kier alpha value is -2.55. The predicted molar refractivity (Wildman–Crippen MR) is 87.9 cm³/mol. The molecule has 0 saturated carbocycles. The minimum absolute atomic E-state index is 0.0884. The average molecular weight is 366 g/mol. The molecule has 0 aliphatic rings. The molecule has 0 spiro atoms. The Kier molecular flexibility index (Phi) is 4.67. The van der Waals surface area contributed by atoms with Crippen LogP contribution in [0.1, 0.15) is 5.69 Å². The van der Waals surface area contributed by atoms with Crippen molar-refractivity contribution in [3.8, 4) is 23.0 Å². The molecule has 2 heterocycles. The van der Waals surface area contributed by atoms with Gasteiger partial charge in [0.05, 0.1) is 12.8 Å². The van der Waals surface area contributed by atoms with Crippen LogP contribution < -0.4 is 4.74 Å². The van der Waals surface area contributed by atoms with Crippen LogP contribution in [0.5, 0.6) is 5.75 Å². The molecule has 2 aromatic heterocycles. The van der Waals surface area contributed by atoms with Crippen molar-refractivity contribution in [2.45, 2.75) is 11.3 Å². The highest BCUT2D eigenvalue weighted by Gasteiger charge is 2.34. The molecule has 0 radical (unpaired) electrons. The van der Waals surface area contributed by atoms with Gasteiger partial charge in [0, 0.05) is 18.0 Å². The zero-order chi connectivity index (χ0) is 18.0. The van der Waals surface area contributed by atoms with Crippen LogP contribution in [0.4, 0.5) is 13.2 Å². The minimum atomic E-state index is -4.59. The highest BCUT2D eigenvalue weighted by Crippen LogP contribution is 2.32. The van der Waals surface area contributed by atoms with Gasteiger partial charge in [0.1, 0.15) is 5.75 Å². The summed E-state index contributed by atoms with van der Waals surface area (Å²) < 4.78 is 46.4. The topological polar surface area (TPSA) is 52.8 Å². The third kappa shape index (κ3) is 3.60. The standard InChI is InChI=1S/C16H13F3N4OS/c1-24-11-5-3-4-10(8-11)12-9-13(16(17,18)19)22-14(21-12)23-7-6-20-15(23)25-2/h3-9H,1-2H3. The van der Waals surface area contributed by atoms with Gasteiger partial charge >= 0.3 is 6.18 Å². The SMILES string of the molecule is COc1cccc(-c2cc(C(F)(F)F)nc(-n3ccnc3SC)n2)c1. The summed E-state index contributed by atoms with van der Waals surface area (Å²) in [6.07, 6.45) is 0.193. The van der Waals surface area contributed by atoms with E-state index in [-0.39, 0.29) is 11.6 Å². The Balaban J connectivity index is 2.20. The Morgan fingerprint density at radius 1 is 1.16 bits per heavy atom. The number of halogens is 3. The number of hydrogen-bond acceptors (Lipinski definition) is 5. The number of thioether (sulfide) groups is 1. The molecule has 0 bridgehead atoms. The van der Waals surface area contributed by atoms with Crippen molar-refractivity contribution in [3.05, 3.63) is 48.4 Å². The van der Waals surface area contributed by atoms with Crippen molar-refractivity contribution >= 4 is 11.8 Å². The van der Waals surface area contributed by atoms with Crippen LogP contribution in [-0.2, 0) is 6.18 Å². The van der Waals surface area contributed by atoms with Gasteiger partial charge in [-0.15, -0.1) is 0 Å². The van der Waals surface area contributed by atoms with Crippen molar-refractivity contribution in [2.24, 2.45) is 0 Å². The molecule has 3 rings (SSSR count). The fourth-order valence-corrected chi connectivity index (χ4v) is 2.72. The summed E-state index contributed by atoms with van der Waals surface area (Å²) >= 11 is 1.29. The third-order valence-corrected chi connectivity index (χ3v) is 4.04. The molecular weight excluding hydrogens is 353 g/mol.